The van der Waals surface area contributed by atoms with E-state index in [2.05, 4.69) is 83.7 Å². The molecule has 30 nitrogen and oxygen atoms in total. The SMILES string of the molecule is CC(C)Oc1ccc(-c2nc(-c3cccc4c3CCC43CC(=O)N(CCO)C3)ns2)cc1C#N.CC(C)Oc1ccc(-c2nc(-c3cccc4c3CCC43COC(=O)N3CCO)no2)cc1C#N.CC(C)Oc1ccc(-c2nnc(-c3cccc4c3CCC43CC(=O)N(CCO)C3)s2)cc1C#N.CC(C)Oc1ccc(-c2nsc(-c3cccc4c3CCC43CC(=O)N(CCO)C3)n2)cc1C#N. The van der Waals surface area contributed by atoms with E-state index in [4.69, 9.17) is 38.2 Å². The Morgan fingerprint density at radius 1 is 0.412 bits per heavy atom. The molecule has 12 aromatic rings. The molecular formula is C103H102N16O14S3. The van der Waals surface area contributed by atoms with Crippen LogP contribution in [-0.4, -0.2) is 206 Å². The smallest absolute Gasteiger partial charge is 0.410 e. The van der Waals surface area contributed by atoms with Crippen molar-refractivity contribution in [1.29, 1.82) is 21.0 Å². The second kappa shape index (κ2) is 39.7. The maximum absolute atomic E-state index is 12.5. The maximum atomic E-state index is 12.5. The summed E-state index contributed by atoms with van der Waals surface area (Å²) < 4.78 is 43.0. The molecule has 4 amide bonds. The first kappa shape index (κ1) is 94.0. The minimum Gasteiger partial charge on any atom is -0.490 e. The van der Waals surface area contributed by atoms with Crippen LogP contribution >= 0.6 is 34.4 Å². The van der Waals surface area contributed by atoms with Crippen molar-refractivity contribution in [3.05, 3.63) is 212 Å². The van der Waals surface area contributed by atoms with Crippen molar-refractivity contribution >= 4 is 58.2 Å². The Labute approximate surface area is 799 Å². The molecule has 696 valence electrons. The van der Waals surface area contributed by atoms with Gasteiger partial charge in [0.1, 0.15) is 79.5 Å². The molecule has 20 rings (SSSR count). The molecule has 4 aliphatic heterocycles. The van der Waals surface area contributed by atoms with Gasteiger partial charge in [0.15, 0.2) is 11.6 Å². The van der Waals surface area contributed by atoms with Crippen LogP contribution in [0.1, 0.15) is 167 Å². The van der Waals surface area contributed by atoms with Gasteiger partial charge in [-0.1, -0.05) is 89.3 Å². The molecule has 4 unspecified atom stereocenters. The van der Waals surface area contributed by atoms with Crippen LogP contribution < -0.4 is 18.9 Å². The molecule has 136 heavy (non-hydrogen) atoms. The van der Waals surface area contributed by atoms with Crippen molar-refractivity contribution < 1.29 is 67.8 Å². The number of carbonyl (C=O) groups is 4. The largest absolute Gasteiger partial charge is 0.490 e. The summed E-state index contributed by atoms with van der Waals surface area (Å²) in [4.78, 5) is 71.1. The van der Waals surface area contributed by atoms with Gasteiger partial charge in [-0.05, 0) is 247 Å². The van der Waals surface area contributed by atoms with Crippen LogP contribution in [0.4, 0.5) is 4.79 Å². The average molecular weight is 1880 g/mol. The predicted molar refractivity (Wildman–Crippen MR) is 509 cm³/mol. The summed E-state index contributed by atoms with van der Waals surface area (Å²) in [6, 6.07) is 55.0. The Balaban J connectivity index is 0.000000126. The highest BCUT2D eigenvalue weighted by Crippen LogP contribution is 2.54. The standard InChI is InChI=1S/3C26H26N4O3S.C25H24N4O5/c1-16(2)33-22-7-6-17(12-18(22)14-27)25-28-24(29-34-25)20-4-3-5-21-19(20)8-9-26(21)13-23(32)30(15-26)10-11-31;1-16(2)33-22-7-6-17(12-18(22)14-27)24-28-29-25(34-24)20-4-3-5-21-19(20)8-9-26(21)13-23(32)30(15-26)10-11-31;1-16(2)33-22-7-6-17(12-18(22)14-27)24-28-25(34-29-24)20-4-3-5-21-19(20)8-9-26(21)13-23(32)30(15-26)10-11-31;1-15(2)33-21-7-6-16(12-17(21)13-26)23-27-22(28-34-23)19-4-3-5-20-18(19)8-9-25(20)14-32-24(31)29(25)10-11-30/h3*3-7,12,16,31H,8-11,13,15H2,1-2H3;3-7,12,15,30H,8-11,14H2,1-2H3. The summed E-state index contributed by atoms with van der Waals surface area (Å²) in [5, 5.41) is 91.9. The second-order valence-electron chi connectivity index (χ2n) is 36.4. The number of cyclic esters (lactones) is 1. The Kier molecular flexibility index (Phi) is 27.4. The molecule has 4 saturated heterocycles. The lowest BCUT2D eigenvalue weighted by atomic mass is 9.80. The quantitative estimate of drug-likeness (QED) is 0.0436. The first-order valence-electron chi connectivity index (χ1n) is 45.7. The van der Waals surface area contributed by atoms with Crippen molar-refractivity contribution in [2.75, 3.05) is 78.8 Å². The zero-order valence-electron chi connectivity index (χ0n) is 76.7. The summed E-state index contributed by atoms with van der Waals surface area (Å²) in [6.45, 7) is 18.8. The number of nitrogens with zero attached hydrogens (tertiary/aromatic N) is 16. The van der Waals surface area contributed by atoms with Gasteiger partial charge in [-0.3, -0.25) is 19.3 Å². The Morgan fingerprint density at radius 3 is 1.26 bits per heavy atom. The first-order chi connectivity index (χ1) is 65.8. The van der Waals surface area contributed by atoms with E-state index in [1.54, 1.807) is 62.1 Å². The summed E-state index contributed by atoms with van der Waals surface area (Å²) in [5.41, 5.74) is 17.0. The number of ether oxygens (including phenoxy) is 5. The van der Waals surface area contributed by atoms with Crippen molar-refractivity contribution in [1.82, 2.24) is 58.7 Å². The number of aromatic nitrogens is 8. The molecule has 4 fully saturated rings. The zero-order valence-corrected chi connectivity index (χ0v) is 79.1. The minimum atomic E-state index is -0.592. The minimum absolute atomic E-state index is 0.0135. The van der Waals surface area contributed by atoms with Crippen molar-refractivity contribution in [2.24, 2.45) is 0 Å². The van der Waals surface area contributed by atoms with Gasteiger partial charge in [-0.2, -0.15) is 34.8 Å². The Hall–Kier alpha value is -13.7. The molecule has 4 atom stereocenters. The fraction of sp³-hybridized carbons (Fsp3) is 0.379. The number of β-amino-alcohol motifs (C(OH)–C–C–N with tert-alkyl or cyclic N) is 4. The molecule has 8 aliphatic rings. The Bertz CT molecular complexity index is 6300. The first-order valence-corrected chi connectivity index (χ1v) is 48.1. The second-order valence-corrected chi connectivity index (χ2v) is 38.9. The number of amides is 4. The summed E-state index contributed by atoms with van der Waals surface area (Å²) >= 11 is 4.16. The number of carbonyl (C=O) groups excluding carboxylic acids is 4. The lowest BCUT2D eigenvalue weighted by Gasteiger charge is -2.32. The van der Waals surface area contributed by atoms with E-state index < -0.39 is 11.6 Å². The van der Waals surface area contributed by atoms with Crippen LogP contribution in [-0.2, 0) is 66.6 Å². The van der Waals surface area contributed by atoms with Gasteiger partial charge >= 0.3 is 6.09 Å². The lowest BCUT2D eigenvalue weighted by Crippen LogP contribution is -2.44. The molecule has 4 aliphatic carbocycles. The van der Waals surface area contributed by atoms with Crippen molar-refractivity contribution in [3.63, 3.8) is 0 Å². The topological polar surface area (TPSA) is 420 Å². The van der Waals surface area contributed by atoms with Gasteiger partial charge < -0.3 is 63.3 Å². The molecule has 4 N–H and O–H groups in total. The number of benzene rings is 8. The fourth-order valence-electron chi connectivity index (χ4n) is 20.5. The van der Waals surface area contributed by atoms with Gasteiger partial charge in [0, 0.05) is 126 Å². The van der Waals surface area contributed by atoms with Crippen LogP contribution in [0, 0.1) is 45.3 Å². The maximum Gasteiger partial charge on any atom is 0.410 e. The molecule has 4 aromatic heterocycles. The van der Waals surface area contributed by atoms with E-state index in [9.17, 15) is 60.7 Å². The van der Waals surface area contributed by atoms with Gasteiger partial charge in [-0.25, -0.2) is 14.8 Å². The van der Waals surface area contributed by atoms with Crippen molar-refractivity contribution in [3.8, 4) is 135 Å². The van der Waals surface area contributed by atoms with E-state index in [0.29, 0.717) is 146 Å². The highest BCUT2D eigenvalue weighted by Gasteiger charge is 2.54. The fourth-order valence-corrected chi connectivity index (χ4v) is 22.8. The lowest BCUT2D eigenvalue weighted by molar-refractivity contribution is -0.128. The molecule has 8 aromatic carbocycles. The van der Waals surface area contributed by atoms with E-state index in [1.807, 2.05) is 128 Å². The molecule has 8 heterocycles. The molecule has 33 heteroatoms. The van der Waals surface area contributed by atoms with Crippen LogP contribution in [0.2, 0.25) is 0 Å². The van der Waals surface area contributed by atoms with Crippen LogP contribution in [0.15, 0.2) is 150 Å². The van der Waals surface area contributed by atoms with Gasteiger partial charge in [0.25, 0.3) is 5.89 Å². The van der Waals surface area contributed by atoms with Gasteiger partial charge in [0.2, 0.25) is 23.5 Å². The Morgan fingerprint density at radius 2 is 0.787 bits per heavy atom. The number of rotatable bonds is 24. The van der Waals surface area contributed by atoms with E-state index in [0.717, 1.165) is 109 Å². The summed E-state index contributed by atoms with van der Waals surface area (Å²) in [7, 11) is 0. The number of hydrogen-bond acceptors (Lipinski definition) is 29. The predicted octanol–water partition coefficient (Wildman–Crippen LogP) is 15.5. The number of fused-ring (bicyclic) bond motifs is 8. The van der Waals surface area contributed by atoms with Crippen LogP contribution in [0.3, 0.4) is 0 Å². The third-order valence-electron chi connectivity index (χ3n) is 26.4. The van der Waals surface area contributed by atoms with Crippen LogP contribution in [0.5, 0.6) is 23.0 Å². The number of aliphatic hydroxyl groups is 4. The normalized spacial score (nSPS) is 19.1. The molecule has 0 radical (unpaired) electrons. The number of likely N-dealkylation sites (tertiary alicyclic amines) is 3. The summed E-state index contributed by atoms with van der Waals surface area (Å²) in [6.07, 6.45) is 7.78. The molecule has 4 spiro atoms. The molecule has 0 saturated carbocycles. The highest BCUT2D eigenvalue weighted by atomic mass is 32.1. The monoisotopic (exact) mass is 1880 g/mol. The zero-order chi connectivity index (χ0) is 95.5. The molecule has 0 bridgehead atoms. The van der Waals surface area contributed by atoms with Crippen LogP contribution in [0.25, 0.3) is 87.9 Å². The third-order valence-corrected chi connectivity index (χ3v) is 28.9. The number of aliphatic hydroxyl groups excluding tert-OH is 4. The van der Waals surface area contributed by atoms with Gasteiger partial charge in [-0.15, -0.1) is 10.2 Å². The third kappa shape index (κ3) is 18.5. The average Bonchev–Trinajstić information content (AvgIpc) is 1.61. The summed E-state index contributed by atoms with van der Waals surface area (Å²) in [5.74, 6) is 4.54. The molecular weight excluding hydrogens is 1780 g/mol. The highest BCUT2D eigenvalue weighted by molar-refractivity contribution is 7.18. The van der Waals surface area contributed by atoms with E-state index in [1.165, 1.54) is 67.8 Å². The van der Waals surface area contributed by atoms with E-state index >= 15 is 0 Å². The van der Waals surface area contributed by atoms with Crippen molar-refractivity contribution in [2.45, 2.75) is 172 Å². The number of nitriles is 4. The van der Waals surface area contributed by atoms with E-state index in [-0.39, 0.29) is 98.0 Å². The van der Waals surface area contributed by atoms with Gasteiger partial charge in [0.05, 0.1) is 73.1 Å². The number of hydrogen-bond donors (Lipinski definition) is 4.